The highest BCUT2D eigenvalue weighted by Gasteiger charge is 2.24. The van der Waals surface area contributed by atoms with Crippen LogP contribution in [-0.4, -0.2) is 29.8 Å². The summed E-state index contributed by atoms with van der Waals surface area (Å²) in [7, 11) is 0. The summed E-state index contributed by atoms with van der Waals surface area (Å²) in [6, 6.07) is 4.37. The molecule has 0 radical (unpaired) electrons. The Morgan fingerprint density at radius 2 is 2.17 bits per heavy atom. The van der Waals surface area contributed by atoms with Crippen LogP contribution in [0.3, 0.4) is 0 Å². The zero-order chi connectivity index (χ0) is 16.9. The molecule has 0 aliphatic carbocycles. The van der Waals surface area contributed by atoms with E-state index in [1.807, 2.05) is 40.0 Å². The lowest BCUT2D eigenvalue weighted by molar-refractivity contribution is 0.0579. The molecule has 2 rings (SSSR count). The van der Waals surface area contributed by atoms with Gasteiger partial charge in [-0.05, 0) is 58.2 Å². The molecule has 0 saturated carbocycles. The van der Waals surface area contributed by atoms with E-state index in [-0.39, 0.29) is 6.09 Å². The van der Waals surface area contributed by atoms with Crippen LogP contribution in [-0.2, 0) is 4.74 Å². The van der Waals surface area contributed by atoms with Gasteiger partial charge in [0.15, 0.2) is 0 Å². The summed E-state index contributed by atoms with van der Waals surface area (Å²) in [5.41, 5.74) is 0.684. The minimum atomic E-state index is -0.505. The summed E-state index contributed by atoms with van der Waals surface area (Å²) in [6.45, 7) is 9.33. The molecule has 1 aliphatic rings. The summed E-state index contributed by atoms with van der Waals surface area (Å²) >= 11 is 0. The summed E-state index contributed by atoms with van der Waals surface area (Å²) in [6.07, 6.45) is 6.03. The van der Waals surface area contributed by atoms with Crippen molar-refractivity contribution in [2.75, 3.05) is 18.0 Å². The van der Waals surface area contributed by atoms with Crippen molar-refractivity contribution in [3.05, 3.63) is 23.9 Å². The molecule has 1 atom stereocenters. The second kappa shape index (κ2) is 7.77. The van der Waals surface area contributed by atoms with E-state index in [0.29, 0.717) is 18.4 Å². The predicted octanol–water partition coefficient (Wildman–Crippen LogP) is 4.05. The smallest absolute Gasteiger partial charge is 0.416 e. The molecule has 0 unspecified atom stereocenters. The Morgan fingerprint density at radius 1 is 1.39 bits per heavy atom. The van der Waals surface area contributed by atoms with Gasteiger partial charge in [0.05, 0.1) is 0 Å². The van der Waals surface area contributed by atoms with Gasteiger partial charge in [-0.15, -0.1) is 0 Å². The zero-order valence-electron chi connectivity index (χ0n) is 14.8. The number of nitrogens with one attached hydrogen (secondary N) is 1. The first-order valence-corrected chi connectivity index (χ1v) is 8.60. The lowest BCUT2D eigenvalue weighted by Crippen LogP contribution is -2.38. The van der Waals surface area contributed by atoms with Gasteiger partial charge in [0, 0.05) is 18.8 Å². The number of amides is 1. The number of carbonyl (C=O) groups excluding carboxylic acids is 1. The van der Waals surface area contributed by atoms with Crippen LogP contribution in [0.1, 0.15) is 65.0 Å². The van der Waals surface area contributed by atoms with E-state index in [1.54, 1.807) is 4.90 Å². The van der Waals surface area contributed by atoms with Crippen molar-refractivity contribution in [3.63, 3.8) is 0 Å². The van der Waals surface area contributed by atoms with Crippen LogP contribution in [0.15, 0.2) is 18.3 Å². The lowest BCUT2D eigenvalue weighted by Gasteiger charge is -2.27. The maximum Gasteiger partial charge on any atom is 0.416 e. The number of anilines is 1. The molecular weight excluding hydrogens is 290 g/mol. The van der Waals surface area contributed by atoms with Crippen LogP contribution in [0.2, 0.25) is 0 Å². The van der Waals surface area contributed by atoms with Gasteiger partial charge in [-0.1, -0.05) is 19.4 Å². The highest BCUT2D eigenvalue weighted by atomic mass is 16.6. The van der Waals surface area contributed by atoms with Crippen molar-refractivity contribution in [2.24, 2.45) is 0 Å². The first-order chi connectivity index (χ1) is 10.9. The number of aromatic nitrogens is 1. The summed E-state index contributed by atoms with van der Waals surface area (Å²) in [4.78, 5) is 18.5. The molecule has 1 aromatic rings. The van der Waals surface area contributed by atoms with Crippen molar-refractivity contribution >= 4 is 11.9 Å². The fourth-order valence-corrected chi connectivity index (χ4v) is 2.74. The van der Waals surface area contributed by atoms with E-state index in [2.05, 4.69) is 16.4 Å². The van der Waals surface area contributed by atoms with Crippen molar-refractivity contribution in [1.29, 1.82) is 0 Å². The lowest BCUT2D eigenvalue weighted by atomic mass is 9.99. The van der Waals surface area contributed by atoms with Crippen LogP contribution < -0.4 is 10.2 Å². The number of hydrogen-bond donors (Lipinski definition) is 1. The molecule has 2 heterocycles. The molecule has 128 valence electrons. The van der Waals surface area contributed by atoms with Crippen molar-refractivity contribution in [1.82, 2.24) is 10.3 Å². The third kappa shape index (κ3) is 5.20. The second-order valence-electron chi connectivity index (χ2n) is 7.08. The Hall–Kier alpha value is -1.62. The molecule has 1 amide bonds. The van der Waals surface area contributed by atoms with E-state index in [1.165, 1.54) is 18.4 Å². The molecule has 5 heteroatoms. The van der Waals surface area contributed by atoms with Crippen LogP contribution in [0.5, 0.6) is 0 Å². The van der Waals surface area contributed by atoms with E-state index < -0.39 is 5.60 Å². The molecule has 1 fully saturated rings. The summed E-state index contributed by atoms with van der Waals surface area (Å²) in [5.74, 6) is 0.653. The topological polar surface area (TPSA) is 54.5 Å². The Balaban J connectivity index is 2.11. The van der Waals surface area contributed by atoms with Gasteiger partial charge in [-0.2, -0.15) is 0 Å². The molecule has 5 nitrogen and oxygen atoms in total. The SMILES string of the molecule is CCCN(C(=O)OC(C)(C)C)c1ccc([C@H]2CCCCN2)cn1. The third-order valence-electron chi connectivity index (χ3n) is 3.82. The quantitative estimate of drug-likeness (QED) is 0.909. The normalized spacial score (nSPS) is 18.5. The van der Waals surface area contributed by atoms with Crippen LogP contribution >= 0.6 is 0 Å². The van der Waals surface area contributed by atoms with E-state index in [9.17, 15) is 4.79 Å². The maximum atomic E-state index is 12.4. The van der Waals surface area contributed by atoms with Gasteiger partial charge in [0.2, 0.25) is 0 Å². The number of pyridine rings is 1. The van der Waals surface area contributed by atoms with Gasteiger partial charge in [0.1, 0.15) is 11.4 Å². The number of ether oxygens (including phenoxy) is 1. The Kier molecular flexibility index (Phi) is 5.99. The first kappa shape index (κ1) is 17.7. The number of nitrogens with zero attached hydrogens (tertiary/aromatic N) is 2. The average Bonchev–Trinajstić information content (AvgIpc) is 2.52. The van der Waals surface area contributed by atoms with Gasteiger partial charge >= 0.3 is 6.09 Å². The number of piperidine rings is 1. The molecule has 0 aromatic carbocycles. The Bertz CT molecular complexity index is 502. The fraction of sp³-hybridized carbons (Fsp3) is 0.667. The molecular formula is C18H29N3O2. The van der Waals surface area contributed by atoms with Gasteiger partial charge in [0.25, 0.3) is 0 Å². The van der Waals surface area contributed by atoms with E-state index >= 15 is 0 Å². The van der Waals surface area contributed by atoms with Gasteiger partial charge in [-0.3, -0.25) is 4.90 Å². The highest BCUT2D eigenvalue weighted by Crippen LogP contribution is 2.24. The largest absolute Gasteiger partial charge is 0.443 e. The highest BCUT2D eigenvalue weighted by molar-refractivity contribution is 5.86. The van der Waals surface area contributed by atoms with Crippen molar-refractivity contribution in [3.8, 4) is 0 Å². The van der Waals surface area contributed by atoms with Crippen LogP contribution in [0, 0.1) is 0 Å². The molecule has 1 N–H and O–H groups in total. The molecule has 0 bridgehead atoms. The Morgan fingerprint density at radius 3 is 2.70 bits per heavy atom. The maximum absolute atomic E-state index is 12.4. The number of carbonyl (C=O) groups is 1. The van der Waals surface area contributed by atoms with Crippen LogP contribution in [0.25, 0.3) is 0 Å². The molecule has 1 saturated heterocycles. The predicted molar refractivity (Wildman–Crippen MR) is 92.7 cm³/mol. The zero-order valence-corrected chi connectivity index (χ0v) is 14.8. The monoisotopic (exact) mass is 319 g/mol. The van der Waals surface area contributed by atoms with Crippen molar-refractivity contribution < 1.29 is 9.53 Å². The summed E-state index contributed by atoms with van der Waals surface area (Å²) < 4.78 is 5.49. The Labute approximate surface area is 139 Å². The minimum absolute atomic E-state index is 0.338. The molecule has 1 aromatic heterocycles. The second-order valence-corrected chi connectivity index (χ2v) is 7.08. The molecule has 23 heavy (non-hydrogen) atoms. The van der Waals surface area contributed by atoms with E-state index in [4.69, 9.17) is 4.74 Å². The first-order valence-electron chi connectivity index (χ1n) is 8.60. The molecule has 0 spiro atoms. The van der Waals surface area contributed by atoms with Gasteiger partial charge in [-0.25, -0.2) is 9.78 Å². The van der Waals surface area contributed by atoms with Crippen LogP contribution in [0.4, 0.5) is 10.6 Å². The molecule has 1 aliphatic heterocycles. The minimum Gasteiger partial charge on any atom is -0.443 e. The number of rotatable bonds is 4. The van der Waals surface area contributed by atoms with E-state index in [0.717, 1.165) is 19.4 Å². The fourth-order valence-electron chi connectivity index (χ4n) is 2.74. The summed E-state index contributed by atoms with van der Waals surface area (Å²) in [5, 5.41) is 3.52. The van der Waals surface area contributed by atoms with Crippen molar-refractivity contribution in [2.45, 2.75) is 65.0 Å². The standard InChI is InChI=1S/C18H29N3O2/c1-5-12-21(17(22)23-18(2,3)4)16-10-9-14(13-20-16)15-8-6-7-11-19-15/h9-10,13,15,19H,5-8,11-12H2,1-4H3/t15-/m1/s1. The van der Waals surface area contributed by atoms with Gasteiger partial charge < -0.3 is 10.1 Å². The third-order valence-corrected chi connectivity index (χ3v) is 3.82. The average molecular weight is 319 g/mol. The number of hydrogen-bond acceptors (Lipinski definition) is 4.